The van der Waals surface area contributed by atoms with E-state index in [1.807, 2.05) is 38.4 Å². The summed E-state index contributed by atoms with van der Waals surface area (Å²) >= 11 is 1.64. The van der Waals surface area contributed by atoms with Crippen LogP contribution in [0.5, 0.6) is 0 Å². The summed E-state index contributed by atoms with van der Waals surface area (Å²) in [5.74, 6) is 0.170. The molecule has 3 rings (SSSR count). The van der Waals surface area contributed by atoms with Crippen molar-refractivity contribution < 1.29 is 19.2 Å². The zero-order chi connectivity index (χ0) is 26.1. The second-order valence-corrected chi connectivity index (χ2v) is 9.53. The maximum absolute atomic E-state index is 11.6. The lowest BCUT2D eigenvalue weighted by atomic mass is 9.92. The fraction of sp³-hybridized carbons (Fsp3) is 0.560. The molecule has 3 N–H and O–H groups in total. The predicted molar refractivity (Wildman–Crippen MR) is 138 cm³/mol. The Morgan fingerprint density at radius 3 is 2.29 bits per heavy atom. The lowest BCUT2D eigenvalue weighted by Gasteiger charge is -2.22. The molecule has 0 radical (unpaired) electrons. The highest BCUT2D eigenvalue weighted by Crippen LogP contribution is 2.27. The van der Waals surface area contributed by atoms with Gasteiger partial charge in [0.1, 0.15) is 0 Å². The minimum Gasteiger partial charge on any atom is -0.391 e. The Morgan fingerprint density at radius 1 is 1.29 bits per heavy atom. The number of amides is 2. The first-order valence-electron chi connectivity index (χ1n) is 11.5. The molecule has 0 spiro atoms. The molecule has 0 saturated carbocycles. The molecule has 1 aromatic carbocycles. The van der Waals surface area contributed by atoms with Crippen molar-refractivity contribution in [3.05, 3.63) is 41.0 Å². The molecular weight excluding hydrogens is 455 g/mol. The average molecular weight is 497 g/mol. The van der Waals surface area contributed by atoms with Crippen molar-refractivity contribution in [2.24, 2.45) is 5.41 Å². The second kappa shape index (κ2) is 17.1. The van der Waals surface area contributed by atoms with Gasteiger partial charge in [0.15, 0.2) is 0 Å². The van der Waals surface area contributed by atoms with Crippen LogP contribution in [0, 0.1) is 12.3 Å². The summed E-state index contributed by atoms with van der Waals surface area (Å²) in [7, 11) is 1.21. The van der Waals surface area contributed by atoms with Gasteiger partial charge in [-0.25, -0.2) is 4.98 Å². The van der Waals surface area contributed by atoms with E-state index in [0.29, 0.717) is 25.9 Å². The van der Waals surface area contributed by atoms with E-state index in [4.69, 9.17) is 0 Å². The summed E-state index contributed by atoms with van der Waals surface area (Å²) in [6.07, 6.45) is 1.71. The highest BCUT2D eigenvalue weighted by molar-refractivity contribution is 7.13. The van der Waals surface area contributed by atoms with Crippen LogP contribution in [0.2, 0.25) is 0 Å². The van der Waals surface area contributed by atoms with Gasteiger partial charge in [-0.05, 0) is 29.9 Å². The van der Waals surface area contributed by atoms with Crippen LogP contribution in [0.1, 0.15) is 58.7 Å². The first kappa shape index (κ1) is 31.6. The number of aliphatic hydroxyl groups is 1. The molecule has 0 bridgehead atoms. The number of likely N-dealkylation sites (tertiary alicyclic amines) is 1. The Bertz CT molecular complexity index is 822. The van der Waals surface area contributed by atoms with Crippen LogP contribution in [0.3, 0.4) is 0 Å². The molecule has 1 aromatic heterocycles. The second-order valence-electron chi connectivity index (χ2n) is 8.67. The van der Waals surface area contributed by atoms with Crippen LogP contribution in [-0.4, -0.2) is 53.5 Å². The summed E-state index contributed by atoms with van der Waals surface area (Å²) in [6.45, 7) is 14.0. The summed E-state index contributed by atoms with van der Waals surface area (Å²) in [5, 5.41) is 11.9. The number of halogens is 1. The highest BCUT2D eigenvalue weighted by atomic mass is 32.1. The molecule has 2 heterocycles. The van der Waals surface area contributed by atoms with E-state index < -0.39 is 0 Å². The van der Waals surface area contributed by atoms with Crippen LogP contribution in [0.4, 0.5) is 4.48 Å². The van der Waals surface area contributed by atoms with Crippen LogP contribution in [0.15, 0.2) is 29.8 Å². The third-order valence-corrected chi connectivity index (χ3v) is 5.53. The summed E-state index contributed by atoms with van der Waals surface area (Å²) in [6, 6.07) is 8.15. The Labute approximate surface area is 207 Å². The van der Waals surface area contributed by atoms with Crippen molar-refractivity contribution in [2.45, 2.75) is 67.0 Å². The SMILES string of the molecule is CC.CC(C)(C)CC(=O)N1CCC(O)C1.CNF.Cc1ncsc1-c1ccc(CNC=O)cc1. The molecule has 2 amide bonds. The van der Waals surface area contributed by atoms with E-state index in [0.717, 1.165) is 24.2 Å². The number of nitrogens with one attached hydrogen (secondary N) is 2. The molecule has 1 saturated heterocycles. The van der Waals surface area contributed by atoms with Gasteiger partial charge in [0.05, 0.1) is 22.2 Å². The summed E-state index contributed by atoms with van der Waals surface area (Å²) in [5.41, 5.74) is 6.48. The minimum absolute atomic E-state index is 0.0463. The van der Waals surface area contributed by atoms with E-state index >= 15 is 0 Å². The molecule has 34 heavy (non-hydrogen) atoms. The van der Waals surface area contributed by atoms with Crippen molar-refractivity contribution in [3.8, 4) is 10.4 Å². The van der Waals surface area contributed by atoms with E-state index in [1.165, 1.54) is 23.0 Å². The molecule has 192 valence electrons. The normalized spacial score (nSPS) is 14.5. The van der Waals surface area contributed by atoms with E-state index in [1.54, 1.807) is 16.2 Å². The first-order valence-corrected chi connectivity index (χ1v) is 12.4. The number of hydrogen-bond acceptors (Lipinski definition) is 6. The summed E-state index contributed by atoms with van der Waals surface area (Å²) < 4.78 is 10.0. The fourth-order valence-electron chi connectivity index (χ4n) is 3.05. The number of aliphatic hydroxyl groups excluding tert-OH is 1. The minimum atomic E-state index is -0.302. The van der Waals surface area contributed by atoms with Gasteiger partial charge in [0.2, 0.25) is 12.3 Å². The van der Waals surface area contributed by atoms with Gasteiger partial charge in [-0.2, -0.15) is 5.54 Å². The van der Waals surface area contributed by atoms with Crippen molar-refractivity contribution in [1.29, 1.82) is 0 Å². The van der Waals surface area contributed by atoms with Crippen LogP contribution >= 0.6 is 11.3 Å². The predicted octanol–water partition coefficient (Wildman–Crippen LogP) is 4.50. The number of rotatable bonds is 5. The Hall–Kier alpha value is -2.36. The molecule has 1 unspecified atom stereocenters. The fourth-order valence-corrected chi connectivity index (χ4v) is 3.86. The number of carbonyl (C=O) groups is 2. The molecule has 7 nitrogen and oxygen atoms in total. The van der Waals surface area contributed by atoms with Crippen LogP contribution < -0.4 is 10.9 Å². The van der Waals surface area contributed by atoms with Crippen molar-refractivity contribution in [2.75, 3.05) is 20.1 Å². The monoisotopic (exact) mass is 496 g/mol. The maximum Gasteiger partial charge on any atom is 0.223 e. The third kappa shape index (κ3) is 12.8. The highest BCUT2D eigenvalue weighted by Gasteiger charge is 2.27. The molecule has 1 atom stereocenters. The van der Waals surface area contributed by atoms with Gasteiger partial charge in [0, 0.05) is 33.1 Å². The number of hydrogen-bond donors (Lipinski definition) is 3. The first-order chi connectivity index (χ1) is 16.1. The standard InChI is InChI=1S/C12H12N2OS.C10H19NO2.C2H6.CH4FN/c1-9-12(16-8-14-9)11-4-2-10(3-5-11)6-13-7-15;1-10(2,3)6-9(13)11-5-4-8(12)7-11;1-2;1-3-2/h2-5,7-8H,6H2,1H3,(H,13,15);8,12H,4-7H2,1-3H3;1-2H3;3H,1H3. The Kier molecular flexibility index (Phi) is 15.9. The molecular formula is C25H41FN4O3S. The average Bonchev–Trinajstić information content (AvgIpc) is 3.42. The van der Waals surface area contributed by atoms with Crippen molar-refractivity contribution >= 4 is 23.7 Å². The Morgan fingerprint density at radius 2 is 1.88 bits per heavy atom. The number of β-amino-alcohol motifs (C(OH)–C–C–N with tert-alkyl or cyclic N) is 1. The molecule has 9 heteroatoms. The molecule has 2 aromatic rings. The smallest absolute Gasteiger partial charge is 0.223 e. The molecule has 1 aliphatic heterocycles. The van der Waals surface area contributed by atoms with E-state index in [9.17, 15) is 19.2 Å². The quantitative estimate of drug-likeness (QED) is 0.419. The maximum atomic E-state index is 11.6. The van der Waals surface area contributed by atoms with Crippen LogP contribution in [-0.2, 0) is 16.1 Å². The third-order valence-electron chi connectivity index (χ3n) is 4.55. The van der Waals surface area contributed by atoms with Crippen LogP contribution in [0.25, 0.3) is 10.4 Å². The van der Waals surface area contributed by atoms with E-state index in [-0.39, 0.29) is 17.4 Å². The Balaban J connectivity index is 0.000000548. The van der Waals surface area contributed by atoms with Gasteiger partial charge in [-0.1, -0.05) is 58.9 Å². The zero-order valence-electron chi connectivity index (χ0n) is 21.5. The molecule has 1 aliphatic rings. The number of aryl methyl sites for hydroxylation is 1. The number of benzene rings is 1. The largest absolute Gasteiger partial charge is 0.391 e. The number of thiazole rings is 1. The van der Waals surface area contributed by atoms with Gasteiger partial charge in [-0.3, -0.25) is 9.59 Å². The molecule has 0 aliphatic carbocycles. The van der Waals surface area contributed by atoms with Crippen molar-refractivity contribution in [3.63, 3.8) is 0 Å². The van der Waals surface area contributed by atoms with Gasteiger partial charge >= 0.3 is 0 Å². The number of aromatic nitrogens is 1. The zero-order valence-corrected chi connectivity index (χ0v) is 22.3. The number of carbonyl (C=O) groups excluding carboxylic acids is 2. The summed E-state index contributed by atoms with van der Waals surface area (Å²) in [4.78, 5) is 29.0. The van der Waals surface area contributed by atoms with Crippen molar-refractivity contribution in [1.82, 2.24) is 20.7 Å². The lowest BCUT2D eigenvalue weighted by molar-refractivity contribution is -0.132. The van der Waals surface area contributed by atoms with E-state index in [2.05, 4.69) is 43.2 Å². The topological polar surface area (TPSA) is 94.6 Å². The van der Waals surface area contributed by atoms with Gasteiger partial charge in [-0.15, -0.1) is 15.8 Å². The van der Waals surface area contributed by atoms with Gasteiger partial charge in [0.25, 0.3) is 0 Å². The lowest BCUT2D eigenvalue weighted by Crippen LogP contribution is -2.32. The van der Waals surface area contributed by atoms with Gasteiger partial charge < -0.3 is 15.3 Å². The number of nitrogens with zero attached hydrogens (tertiary/aromatic N) is 2. The molecule has 1 fully saturated rings.